The zero-order chi connectivity index (χ0) is 26.6. The number of imidazole rings is 1. The number of hydrogen-bond donors (Lipinski definition) is 3. The lowest BCUT2D eigenvalue weighted by molar-refractivity contribution is -0.117. The van der Waals surface area contributed by atoms with Gasteiger partial charge in [0.05, 0.1) is 11.3 Å². The highest BCUT2D eigenvalue weighted by Crippen LogP contribution is 2.19. The number of anilines is 1. The van der Waals surface area contributed by atoms with Gasteiger partial charge in [-0.3, -0.25) is 25.0 Å². The Morgan fingerprint density at radius 3 is 2.54 bits per heavy atom. The Labute approximate surface area is 217 Å². The molecular weight excluding hydrogens is 500 g/mol. The standard InChI is InChI=1S/C24H25ClN8O4/c1-24(2,3)37-23(36)30-20-18-21(28-13-27-20)32(14-29-18)12-17(34)31-33-10-9-16(25)19(33)22(35)26-11-15-7-5-4-6-8-15/h4-10,13-14H,11-12H2,1-3H3,(H,26,35)(H,31,34)(H,27,28,30,36). The molecule has 0 atom stereocenters. The van der Waals surface area contributed by atoms with Crippen molar-refractivity contribution in [2.75, 3.05) is 10.7 Å². The third-order valence-corrected chi connectivity index (χ3v) is 5.23. The summed E-state index contributed by atoms with van der Waals surface area (Å²) in [5, 5.41) is 5.52. The van der Waals surface area contributed by atoms with Gasteiger partial charge in [0.1, 0.15) is 24.2 Å². The monoisotopic (exact) mass is 524 g/mol. The van der Waals surface area contributed by atoms with Crippen molar-refractivity contribution in [3.05, 3.63) is 71.5 Å². The number of benzene rings is 1. The minimum absolute atomic E-state index is 0.0904. The summed E-state index contributed by atoms with van der Waals surface area (Å²) in [6.07, 6.45) is 3.43. The van der Waals surface area contributed by atoms with Gasteiger partial charge in [-0.1, -0.05) is 41.9 Å². The first kappa shape index (κ1) is 25.6. The fourth-order valence-corrected chi connectivity index (χ4v) is 3.63. The molecule has 37 heavy (non-hydrogen) atoms. The molecule has 192 valence electrons. The summed E-state index contributed by atoms with van der Waals surface area (Å²) in [6.45, 7) is 5.35. The van der Waals surface area contributed by atoms with E-state index in [-0.39, 0.29) is 28.6 Å². The fraction of sp³-hybridized carbons (Fsp3) is 0.250. The quantitative estimate of drug-likeness (QED) is 0.336. The second-order valence-electron chi connectivity index (χ2n) is 8.98. The second kappa shape index (κ2) is 10.7. The summed E-state index contributed by atoms with van der Waals surface area (Å²) >= 11 is 6.22. The van der Waals surface area contributed by atoms with Crippen molar-refractivity contribution in [3.8, 4) is 0 Å². The van der Waals surface area contributed by atoms with Crippen LogP contribution < -0.4 is 16.1 Å². The van der Waals surface area contributed by atoms with Crippen molar-refractivity contribution in [1.29, 1.82) is 0 Å². The van der Waals surface area contributed by atoms with Gasteiger partial charge in [0.25, 0.3) is 11.8 Å². The third-order valence-electron chi connectivity index (χ3n) is 4.93. The molecule has 3 N–H and O–H groups in total. The van der Waals surface area contributed by atoms with Gasteiger partial charge in [0.15, 0.2) is 17.0 Å². The summed E-state index contributed by atoms with van der Waals surface area (Å²) in [6, 6.07) is 10.9. The number of nitrogens with zero attached hydrogens (tertiary/aromatic N) is 5. The molecule has 4 aromatic rings. The van der Waals surface area contributed by atoms with Gasteiger partial charge in [-0.05, 0) is 32.4 Å². The van der Waals surface area contributed by atoms with Gasteiger partial charge >= 0.3 is 6.09 Å². The minimum Gasteiger partial charge on any atom is -0.444 e. The average molecular weight is 525 g/mol. The molecule has 4 rings (SSSR count). The van der Waals surface area contributed by atoms with Crippen molar-refractivity contribution in [3.63, 3.8) is 0 Å². The van der Waals surface area contributed by atoms with Crippen molar-refractivity contribution in [2.24, 2.45) is 0 Å². The molecule has 3 aromatic heterocycles. The van der Waals surface area contributed by atoms with Crippen LogP contribution in [0.1, 0.15) is 36.8 Å². The van der Waals surface area contributed by atoms with E-state index in [1.54, 1.807) is 20.8 Å². The maximum atomic E-state index is 12.8. The van der Waals surface area contributed by atoms with Crippen molar-refractivity contribution in [2.45, 2.75) is 39.5 Å². The Bertz CT molecular complexity index is 1440. The van der Waals surface area contributed by atoms with Gasteiger partial charge in [0.2, 0.25) is 0 Å². The molecule has 13 heteroatoms. The van der Waals surface area contributed by atoms with Gasteiger partial charge in [-0.15, -0.1) is 0 Å². The molecule has 1 aromatic carbocycles. The number of halogens is 1. The molecule has 0 radical (unpaired) electrons. The van der Waals surface area contributed by atoms with E-state index in [0.29, 0.717) is 12.2 Å². The van der Waals surface area contributed by atoms with E-state index < -0.39 is 23.5 Å². The summed E-state index contributed by atoms with van der Waals surface area (Å²) in [4.78, 5) is 50.2. The predicted octanol–water partition coefficient (Wildman–Crippen LogP) is 3.33. The van der Waals surface area contributed by atoms with Gasteiger partial charge in [0, 0.05) is 12.7 Å². The van der Waals surface area contributed by atoms with Crippen molar-refractivity contribution < 1.29 is 19.1 Å². The topological polar surface area (TPSA) is 145 Å². The molecule has 0 spiro atoms. The fourth-order valence-electron chi connectivity index (χ4n) is 3.39. The molecule has 0 unspecified atom stereocenters. The van der Waals surface area contributed by atoms with Crippen LogP contribution in [-0.2, 0) is 22.6 Å². The van der Waals surface area contributed by atoms with Crippen LogP contribution in [-0.4, -0.2) is 47.7 Å². The Kier molecular flexibility index (Phi) is 7.39. The van der Waals surface area contributed by atoms with E-state index in [4.69, 9.17) is 16.3 Å². The average Bonchev–Trinajstić information content (AvgIpc) is 3.40. The highest BCUT2D eigenvalue weighted by molar-refractivity contribution is 6.33. The maximum Gasteiger partial charge on any atom is 0.413 e. The van der Waals surface area contributed by atoms with Crippen LogP contribution in [0.4, 0.5) is 10.6 Å². The molecule has 12 nitrogen and oxygen atoms in total. The highest BCUT2D eigenvalue weighted by atomic mass is 35.5. The molecule has 3 heterocycles. The Balaban J connectivity index is 1.44. The minimum atomic E-state index is -0.692. The lowest BCUT2D eigenvalue weighted by atomic mass is 10.2. The van der Waals surface area contributed by atoms with Gasteiger partial charge in [-0.25, -0.2) is 19.7 Å². The Morgan fingerprint density at radius 1 is 1.05 bits per heavy atom. The van der Waals surface area contributed by atoms with Gasteiger partial charge in [-0.2, -0.15) is 0 Å². The van der Waals surface area contributed by atoms with E-state index >= 15 is 0 Å². The first-order chi connectivity index (χ1) is 17.6. The van der Waals surface area contributed by atoms with Gasteiger partial charge < -0.3 is 14.6 Å². The summed E-state index contributed by atoms with van der Waals surface area (Å²) in [5.41, 5.74) is 3.56. The first-order valence-corrected chi connectivity index (χ1v) is 11.6. The van der Waals surface area contributed by atoms with E-state index in [9.17, 15) is 14.4 Å². The van der Waals surface area contributed by atoms with Crippen molar-refractivity contribution in [1.82, 2.24) is 29.5 Å². The zero-order valence-corrected chi connectivity index (χ0v) is 21.1. The molecule has 0 aliphatic carbocycles. The Hall–Kier alpha value is -4.45. The van der Waals surface area contributed by atoms with E-state index in [0.717, 1.165) is 5.56 Å². The summed E-state index contributed by atoms with van der Waals surface area (Å²) < 4.78 is 7.99. The lowest BCUT2D eigenvalue weighted by Crippen LogP contribution is -2.32. The van der Waals surface area contributed by atoms with E-state index in [2.05, 4.69) is 31.0 Å². The van der Waals surface area contributed by atoms with Crippen LogP contribution in [0.25, 0.3) is 11.2 Å². The van der Waals surface area contributed by atoms with E-state index in [1.165, 1.54) is 34.2 Å². The van der Waals surface area contributed by atoms with Crippen molar-refractivity contribution >= 4 is 46.5 Å². The largest absolute Gasteiger partial charge is 0.444 e. The van der Waals surface area contributed by atoms with Crippen LogP contribution >= 0.6 is 11.6 Å². The van der Waals surface area contributed by atoms with E-state index in [1.807, 2.05) is 30.3 Å². The predicted molar refractivity (Wildman–Crippen MR) is 137 cm³/mol. The molecule has 3 amide bonds. The number of hydrogen-bond acceptors (Lipinski definition) is 7. The Morgan fingerprint density at radius 2 is 1.81 bits per heavy atom. The third kappa shape index (κ3) is 6.41. The smallest absolute Gasteiger partial charge is 0.413 e. The van der Waals surface area contributed by atoms with Crippen LogP contribution in [0, 0.1) is 0 Å². The summed E-state index contributed by atoms with van der Waals surface area (Å²) in [7, 11) is 0. The zero-order valence-electron chi connectivity index (χ0n) is 20.4. The molecule has 0 saturated carbocycles. The first-order valence-electron chi connectivity index (χ1n) is 11.3. The number of amides is 3. The molecule has 0 saturated heterocycles. The molecular formula is C24H25ClN8O4. The number of ether oxygens (including phenoxy) is 1. The number of fused-ring (bicyclic) bond motifs is 1. The number of rotatable bonds is 7. The maximum absolute atomic E-state index is 12.8. The molecule has 0 bridgehead atoms. The molecule has 0 aliphatic heterocycles. The normalized spacial score (nSPS) is 11.2. The molecule has 0 fully saturated rings. The highest BCUT2D eigenvalue weighted by Gasteiger charge is 2.21. The number of nitrogens with one attached hydrogen (secondary N) is 3. The number of carbonyl (C=O) groups is 3. The number of aromatic nitrogens is 5. The second-order valence-corrected chi connectivity index (χ2v) is 9.39. The SMILES string of the molecule is CC(C)(C)OC(=O)Nc1ncnc2c1ncn2CC(=O)Nn1ccc(Cl)c1C(=O)NCc1ccccc1. The summed E-state index contributed by atoms with van der Waals surface area (Å²) in [5.74, 6) is -0.769. The lowest BCUT2D eigenvalue weighted by Gasteiger charge is -2.19. The van der Waals surface area contributed by atoms with Crippen LogP contribution in [0.3, 0.4) is 0 Å². The molecule has 0 aliphatic rings. The van der Waals surface area contributed by atoms with Crippen LogP contribution in [0.2, 0.25) is 5.02 Å². The van der Waals surface area contributed by atoms with Crippen LogP contribution in [0.15, 0.2) is 55.2 Å². The van der Waals surface area contributed by atoms with Crippen LogP contribution in [0.5, 0.6) is 0 Å². The number of carbonyl (C=O) groups excluding carboxylic acids is 3.